The minimum absolute atomic E-state index is 0.133. The zero-order valence-corrected chi connectivity index (χ0v) is 15.3. The summed E-state index contributed by atoms with van der Waals surface area (Å²) in [7, 11) is 2.27. The average Bonchev–Trinajstić information content (AvgIpc) is 2.69. The van der Waals surface area contributed by atoms with Gasteiger partial charge in [0.25, 0.3) is 5.91 Å². The molecule has 2 aromatic carbocycles. The Labute approximate surface area is 155 Å². The molecule has 0 aromatic heterocycles. The van der Waals surface area contributed by atoms with E-state index >= 15 is 0 Å². The summed E-state index contributed by atoms with van der Waals surface area (Å²) in [6.45, 7) is 3.34. The van der Waals surface area contributed by atoms with Gasteiger partial charge < -0.3 is 14.9 Å². The maximum Gasteiger partial charge on any atom is 0.261 e. The summed E-state index contributed by atoms with van der Waals surface area (Å²) in [4.78, 5) is 13.3. The molecule has 3 heterocycles. The number of benzene rings is 2. The first kappa shape index (κ1) is 17.3. The largest absolute Gasteiger partial charge is 0.372 e. The lowest BCUT2D eigenvalue weighted by Crippen LogP contribution is -2.66. The first-order valence-electron chi connectivity index (χ1n) is 9.49. The van der Waals surface area contributed by atoms with E-state index in [-0.39, 0.29) is 11.9 Å². The lowest BCUT2D eigenvalue weighted by molar-refractivity contribution is -0.925. The van der Waals surface area contributed by atoms with E-state index in [0.717, 1.165) is 23.9 Å². The van der Waals surface area contributed by atoms with Crippen LogP contribution in [-0.2, 0) is 10.4 Å². The molecule has 2 bridgehead atoms. The van der Waals surface area contributed by atoms with Crippen molar-refractivity contribution in [3.05, 3.63) is 71.8 Å². The van der Waals surface area contributed by atoms with Crippen molar-refractivity contribution in [3.8, 4) is 0 Å². The van der Waals surface area contributed by atoms with Crippen LogP contribution in [0.4, 0.5) is 0 Å². The summed E-state index contributed by atoms with van der Waals surface area (Å²) < 4.78 is 1.02. The Balaban J connectivity index is 1.65. The number of fused-ring (bicyclic) bond motifs is 3. The Morgan fingerprint density at radius 1 is 1.00 bits per heavy atom. The van der Waals surface area contributed by atoms with Gasteiger partial charge in [0.2, 0.25) is 0 Å². The van der Waals surface area contributed by atoms with Crippen LogP contribution in [0.1, 0.15) is 24.0 Å². The van der Waals surface area contributed by atoms with Crippen LogP contribution in [0.25, 0.3) is 0 Å². The molecule has 3 aliphatic rings. The summed E-state index contributed by atoms with van der Waals surface area (Å²) >= 11 is 0. The number of rotatable bonds is 4. The molecule has 0 aliphatic carbocycles. The maximum absolute atomic E-state index is 13.3. The molecule has 2 aromatic rings. The summed E-state index contributed by atoms with van der Waals surface area (Å²) in [5.74, 6) is 0.204. The Bertz CT molecular complexity index is 728. The van der Waals surface area contributed by atoms with Crippen LogP contribution in [0.3, 0.4) is 0 Å². The zero-order chi connectivity index (χ0) is 18.2. The summed E-state index contributed by atoms with van der Waals surface area (Å²) in [6, 6.07) is 18.6. The standard InChI is InChI=1S/C22H26N2O2/c1-24-14-12-17(13-15-24)20(16-24)23-21(25)22(26,18-8-4-2-5-9-18)19-10-6-3-7-11-19/h2-11,17,20,26H,12-16H2,1H3/p+1. The fourth-order valence-corrected chi connectivity index (χ4v) is 4.64. The normalized spacial score (nSPS) is 27.9. The van der Waals surface area contributed by atoms with Crippen LogP contribution in [0, 0.1) is 5.92 Å². The topological polar surface area (TPSA) is 49.3 Å². The summed E-state index contributed by atoms with van der Waals surface area (Å²) in [5, 5.41) is 14.8. The lowest BCUT2D eigenvalue weighted by atomic mass is 9.80. The van der Waals surface area contributed by atoms with Gasteiger partial charge in [0, 0.05) is 12.8 Å². The van der Waals surface area contributed by atoms with Crippen molar-refractivity contribution >= 4 is 5.91 Å². The Kier molecular flexibility index (Phi) is 4.33. The predicted molar refractivity (Wildman–Crippen MR) is 101 cm³/mol. The van der Waals surface area contributed by atoms with Gasteiger partial charge in [0.1, 0.15) is 0 Å². The van der Waals surface area contributed by atoms with E-state index in [0.29, 0.717) is 17.0 Å². The molecule has 0 saturated carbocycles. The molecular weight excluding hydrogens is 324 g/mol. The minimum Gasteiger partial charge on any atom is -0.372 e. The third kappa shape index (κ3) is 2.93. The molecule has 5 rings (SSSR count). The molecule has 26 heavy (non-hydrogen) atoms. The van der Waals surface area contributed by atoms with Gasteiger partial charge in [0.05, 0.1) is 32.7 Å². The molecule has 0 spiro atoms. The van der Waals surface area contributed by atoms with Crippen molar-refractivity contribution in [1.29, 1.82) is 0 Å². The van der Waals surface area contributed by atoms with Gasteiger partial charge in [-0.15, -0.1) is 0 Å². The second-order valence-corrected chi connectivity index (χ2v) is 8.11. The van der Waals surface area contributed by atoms with Gasteiger partial charge >= 0.3 is 0 Å². The smallest absolute Gasteiger partial charge is 0.261 e. The SMILES string of the molecule is C[N+]12CCC(CC1)C(NC(=O)C(O)(c1ccccc1)c1ccccc1)C2. The number of nitrogens with zero attached hydrogens (tertiary/aromatic N) is 1. The van der Waals surface area contributed by atoms with Crippen molar-refractivity contribution in [3.63, 3.8) is 0 Å². The third-order valence-corrected chi connectivity index (χ3v) is 6.31. The number of hydrogen-bond donors (Lipinski definition) is 2. The number of aliphatic hydroxyl groups is 1. The number of likely N-dealkylation sites (N-methyl/N-ethyl adjacent to an activating group) is 1. The van der Waals surface area contributed by atoms with Crippen molar-refractivity contribution in [2.24, 2.45) is 5.92 Å². The van der Waals surface area contributed by atoms with Gasteiger partial charge in [-0.2, -0.15) is 0 Å². The van der Waals surface area contributed by atoms with Crippen LogP contribution in [0.2, 0.25) is 0 Å². The van der Waals surface area contributed by atoms with E-state index < -0.39 is 5.60 Å². The highest BCUT2D eigenvalue weighted by Crippen LogP contribution is 2.34. The molecule has 4 heteroatoms. The fraction of sp³-hybridized carbons (Fsp3) is 0.409. The van der Waals surface area contributed by atoms with E-state index in [4.69, 9.17) is 0 Å². The van der Waals surface area contributed by atoms with E-state index in [1.165, 1.54) is 13.1 Å². The van der Waals surface area contributed by atoms with Gasteiger partial charge in [-0.3, -0.25) is 4.79 Å². The van der Waals surface area contributed by atoms with Crippen molar-refractivity contribution < 1.29 is 14.4 Å². The number of quaternary nitrogens is 1. The van der Waals surface area contributed by atoms with E-state index in [2.05, 4.69) is 12.4 Å². The number of amides is 1. The zero-order valence-electron chi connectivity index (χ0n) is 15.3. The number of carbonyl (C=O) groups is 1. The quantitative estimate of drug-likeness (QED) is 0.831. The van der Waals surface area contributed by atoms with Crippen molar-refractivity contribution in [1.82, 2.24) is 5.32 Å². The summed E-state index contributed by atoms with van der Waals surface area (Å²) in [6.07, 6.45) is 2.30. The Morgan fingerprint density at radius 2 is 1.50 bits per heavy atom. The third-order valence-electron chi connectivity index (χ3n) is 6.31. The molecule has 3 saturated heterocycles. The van der Waals surface area contributed by atoms with Crippen molar-refractivity contribution in [2.75, 3.05) is 26.7 Å². The van der Waals surface area contributed by atoms with Gasteiger partial charge in [-0.25, -0.2) is 0 Å². The number of nitrogens with one attached hydrogen (secondary N) is 1. The van der Waals surface area contributed by atoms with E-state index in [9.17, 15) is 9.90 Å². The highest BCUT2D eigenvalue weighted by molar-refractivity contribution is 5.90. The summed E-state index contributed by atoms with van der Waals surface area (Å²) in [5.41, 5.74) is -0.469. The lowest BCUT2D eigenvalue weighted by Gasteiger charge is -2.51. The van der Waals surface area contributed by atoms with Crippen LogP contribution < -0.4 is 5.32 Å². The first-order valence-corrected chi connectivity index (χ1v) is 9.49. The second kappa shape index (κ2) is 6.53. The highest BCUT2D eigenvalue weighted by atomic mass is 16.3. The van der Waals surface area contributed by atoms with Crippen LogP contribution >= 0.6 is 0 Å². The van der Waals surface area contributed by atoms with Gasteiger partial charge in [-0.1, -0.05) is 60.7 Å². The van der Waals surface area contributed by atoms with Crippen LogP contribution in [-0.4, -0.2) is 48.2 Å². The maximum atomic E-state index is 13.3. The van der Waals surface area contributed by atoms with Gasteiger partial charge in [0.15, 0.2) is 5.60 Å². The first-order chi connectivity index (χ1) is 12.5. The number of hydrogen-bond acceptors (Lipinski definition) is 2. The highest BCUT2D eigenvalue weighted by Gasteiger charge is 2.47. The van der Waals surface area contributed by atoms with Gasteiger partial charge in [-0.05, 0) is 17.0 Å². The fourth-order valence-electron chi connectivity index (χ4n) is 4.64. The Hall–Kier alpha value is -2.17. The number of piperidine rings is 3. The predicted octanol–water partition coefficient (Wildman–Crippen LogP) is 2.28. The molecule has 1 atom stereocenters. The van der Waals surface area contributed by atoms with E-state index in [1.807, 2.05) is 60.7 Å². The Morgan fingerprint density at radius 3 is 1.96 bits per heavy atom. The number of carbonyl (C=O) groups excluding carboxylic acids is 1. The second-order valence-electron chi connectivity index (χ2n) is 8.11. The van der Waals surface area contributed by atoms with Crippen LogP contribution in [0.5, 0.6) is 0 Å². The molecule has 4 nitrogen and oxygen atoms in total. The van der Waals surface area contributed by atoms with E-state index in [1.54, 1.807) is 0 Å². The molecule has 2 N–H and O–H groups in total. The molecule has 3 aliphatic heterocycles. The molecule has 1 unspecified atom stereocenters. The van der Waals surface area contributed by atoms with Crippen LogP contribution in [0.15, 0.2) is 60.7 Å². The molecule has 0 radical (unpaired) electrons. The monoisotopic (exact) mass is 351 g/mol. The molecular formula is C22H27N2O2+. The minimum atomic E-state index is -1.67. The molecule has 1 amide bonds. The molecule has 136 valence electrons. The average molecular weight is 351 g/mol. The molecule has 3 fully saturated rings. The van der Waals surface area contributed by atoms with Crippen molar-refractivity contribution in [2.45, 2.75) is 24.5 Å².